The van der Waals surface area contributed by atoms with Crippen molar-refractivity contribution in [1.82, 2.24) is 15.5 Å². The molecule has 4 N–H and O–H groups in total. The third-order valence-electron chi connectivity index (χ3n) is 4.13. The van der Waals surface area contributed by atoms with Gasteiger partial charge in [-0.25, -0.2) is 0 Å². The summed E-state index contributed by atoms with van der Waals surface area (Å²) in [5.41, 5.74) is 5.76. The second-order valence-corrected chi connectivity index (χ2v) is 7.67. The van der Waals surface area contributed by atoms with Gasteiger partial charge in [-0.3, -0.25) is 0 Å². The lowest BCUT2D eigenvalue weighted by molar-refractivity contribution is -0.913. The molecule has 0 bridgehead atoms. The summed E-state index contributed by atoms with van der Waals surface area (Å²) < 4.78 is 1.04. The summed E-state index contributed by atoms with van der Waals surface area (Å²) in [6.45, 7) is 13.0. The van der Waals surface area contributed by atoms with Crippen LogP contribution in [-0.4, -0.2) is 87.9 Å². The molecule has 0 aromatic carbocycles. The highest BCUT2D eigenvalue weighted by Crippen LogP contribution is 2.08. The zero-order valence-corrected chi connectivity index (χ0v) is 15.6. The van der Waals surface area contributed by atoms with Crippen LogP contribution in [0.1, 0.15) is 27.7 Å². The lowest BCUT2D eigenvalue weighted by atomic mass is 10.2. The molecule has 0 amide bonds. The Balaban J connectivity index is 4.08. The first-order valence-corrected chi connectivity index (χ1v) is 8.24. The largest absolute Gasteiger partial charge is 0.327 e. The van der Waals surface area contributed by atoms with E-state index in [0.717, 1.165) is 30.7 Å². The lowest BCUT2D eigenvalue weighted by Crippen LogP contribution is -2.57. The van der Waals surface area contributed by atoms with Crippen molar-refractivity contribution >= 4 is 0 Å². The van der Waals surface area contributed by atoms with Crippen LogP contribution in [0, 0.1) is 0 Å². The maximum atomic E-state index is 5.76. The number of nitrogens with one attached hydrogen (secondary N) is 2. The molecule has 0 radical (unpaired) electrons. The van der Waals surface area contributed by atoms with Gasteiger partial charge in [-0.05, 0) is 41.8 Å². The van der Waals surface area contributed by atoms with Crippen LogP contribution in [0.2, 0.25) is 0 Å². The average molecular weight is 303 g/mol. The fourth-order valence-corrected chi connectivity index (χ4v) is 2.54. The molecule has 0 heterocycles. The highest BCUT2D eigenvalue weighted by molar-refractivity contribution is 4.70. The third-order valence-corrected chi connectivity index (χ3v) is 4.13. The predicted octanol–water partition coefficient (Wildman–Crippen LogP) is 0.316. The standard InChI is InChI=1S/C16H40N5/c1-13(17)9-18-14(2)10-19-15(3)12-21(7,8)16(4)11-20(5)6/h13-16,18-19H,9-12,17H2,1-8H3/q+1. The van der Waals surface area contributed by atoms with Crippen LogP contribution in [0.4, 0.5) is 0 Å². The van der Waals surface area contributed by atoms with Crippen molar-refractivity contribution in [3.63, 3.8) is 0 Å². The van der Waals surface area contributed by atoms with Crippen LogP contribution in [-0.2, 0) is 0 Å². The van der Waals surface area contributed by atoms with Gasteiger partial charge in [0.2, 0.25) is 0 Å². The molecule has 4 unspecified atom stereocenters. The summed E-state index contributed by atoms with van der Waals surface area (Å²) in [5.74, 6) is 0. The number of hydrogen-bond donors (Lipinski definition) is 3. The molecule has 5 heteroatoms. The Morgan fingerprint density at radius 3 is 1.95 bits per heavy atom. The fourth-order valence-electron chi connectivity index (χ4n) is 2.54. The van der Waals surface area contributed by atoms with Gasteiger partial charge in [-0.1, -0.05) is 0 Å². The van der Waals surface area contributed by atoms with E-state index in [2.05, 4.69) is 64.5 Å². The third kappa shape index (κ3) is 10.2. The SMILES string of the molecule is CC(N)CNC(C)CNC(C)C[N+](C)(C)C(C)CN(C)C. The summed E-state index contributed by atoms with van der Waals surface area (Å²) in [7, 11) is 8.93. The number of rotatable bonds is 11. The highest BCUT2D eigenvalue weighted by atomic mass is 15.4. The number of likely N-dealkylation sites (N-methyl/N-ethyl adjacent to an activating group) is 2. The topological polar surface area (TPSA) is 53.3 Å². The lowest BCUT2D eigenvalue weighted by Gasteiger charge is -2.39. The number of nitrogens with zero attached hydrogens (tertiary/aromatic N) is 2. The van der Waals surface area contributed by atoms with E-state index in [0.29, 0.717) is 18.1 Å². The Bertz CT molecular complexity index is 265. The van der Waals surface area contributed by atoms with Crippen LogP contribution in [0.5, 0.6) is 0 Å². The van der Waals surface area contributed by atoms with Gasteiger partial charge in [0.25, 0.3) is 0 Å². The molecule has 0 fully saturated rings. The molecule has 21 heavy (non-hydrogen) atoms. The molecule has 0 aliphatic rings. The Morgan fingerprint density at radius 2 is 1.48 bits per heavy atom. The first-order chi connectivity index (χ1) is 9.54. The van der Waals surface area contributed by atoms with E-state index >= 15 is 0 Å². The summed E-state index contributed by atoms with van der Waals surface area (Å²) in [6.07, 6.45) is 0. The van der Waals surface area contributed by atoms with Crippen LogP contribution >= 0.6 is 0 Å². The van der Waals surface area contributed by atoms with Crippen molar-refractivity contribution in [1.29, 1.82) is 0 Å². The molecule has 0 spiro atoms. The Kier molecular flexibility index (Phi) is 9.65. The summed E-state index contributed by atoms with van der Waals surface area (Å²) >= 11 is 0. The Hall–Kier alpha value is -0.200. The normalized spacial score (nSPS) is 18.6. The molecular weight excluding hydrogens is 262 g/mol. The maximum absolute atomic E-state index is 5.76. The second-order valence-electron chi connectivity index (χ2n) is 7.67. The molecule has 5 nitrogen and oxygen atoms in total. The summed E-state index contributed by atoms with van der Waals surface area (Å²) in [5, 5.41) is 7.09. The van der Waals surface area contributed by atoms with Crippen LogP contribution < -0.4 is 16.4 Å². The molecule has 4 atom stereocenters. The minimum atomic E-state index is 0.215. The number of nitrogens with two attached hydrogens (primary N) is 1. The average Bonchev–Trinajstić information content (AvgIpc) is 2.32. The van der Waals surface area contributed by atoms with Gasteiger partial charge in [0.05, 0.1) is 32.7 Å². The minimum Gasteiger partial charge on any atom is -0.327 e. The summed E-state index contributed by atoms with van der Waals surface area (Å²) in [6, 6.07) is 1.79. The van der Waals surface area contributed by atoms with Crippen molar-refractivity contribution in [3.8, 4) is 0 Å². The van der Waals surface area contributed by atoms with Crippen molar-refractivity contribution in [2.45, 2.75) is 51.9 Å². The van der Waals surface area contributed by atoms with E-state index < -0.39 is 0 Å². The first kappa shape index (κ1) is 20.8. The predicted molar refractivity (Wildman–Crippen MR) is 93.6 cm³/mol. The molecule has 0 saturated heterocycles. The van der Waals surface area contributed by atoms with Crippen LogP contribution in [0.3, 0.4) is 0 Å². The van der Waals surface area contributed by atoms with Gasteiger partial charge in [-0.15, -0.1) is 0 Å². The maximum Gasteiger partial charge on any atom is 0.0986 e. The molecule has 0 aromatic heterocycles. The van der Waals surface area contributed by atoms with Crippen molar-refractivity contribution in [2.75, 3.05) is 54.4 Å². The summed E-state index contributed by atoms with van der Waals surface area (Å²) in [4.78, 5) is 2.27. The molecule has 0 aliphatic carbocycles. The van der Waals surface area contributed by atoms with E-state index in [4.69, 9.17) is 5.73 Å². The van der Waals surface area contributed by atoms with Gasteiger partial charge in [0.15, 0.2) is 0 Å². The van der Waals surface area contributed by atoms with Gasteiger partial charge < -0.3 is 25.8 Å². The zero-order valence-electron chi connectivity index (χ0n) is 15.6. The van der Waals surface area contributed by atoms with E-state index in [1.54, 1.807) is 0 Å². The molecule has 0 rings (SSSR count). The molecule has 0 saturated carbocycles. The van der Waals surface area contributed by atoms with Gasteiger partial charge in [-0.2, -0.15) is 0 Å². The monoisotopic (exact) mass is 302 g/mol. The van der Waals surface area contributed by atoms with Crippen molar-refractivity contribution in [3.05, 3.63) is 0 Å². The minimum absolute atomic E-state index is 0.215. The number of quaternary nitrogens is 1. The quantitative estimate of drug-likeness (QED) is 0.481. The van der Waals surface area contributed by atoms with Gasteiger partial charge >= 0.3 is 0 Å². The Morgan fingerprint density at radius 1 is 0.952 bits per heavy atom. The smallest absolute Gasteiger partial charge is 0.0986 e. The van der Waals surface area contributed by atoms with Gasteiger partial charge in [0.1, 0.15) is 0 Å². The Labute approximate surface area is 132 Å². The van der Waals surface area contributed by atoms with Crippen molar-refractivity contribution < 1.29 is 4.48 Å². The van der Waals surface area contributed by atoms with Crippen LogP contribution in [0.15, 0.2) is 0 Å². The van der Waals surface area contributed by atoms with Crippen LogP contribution in [0.25, 0.3) is 0 Å². The molecular formula is C16H40N5+. The first-order valence-electron chi connectivity index (χ1n) is 8.24. The van der Waals surface area contributed by atoms with E-state index in [1.165, 1.54) is 0 Å². The van der Waals surface area contributed by atoms with Crippen molar-refractivity contribution in [2.24, 2.45) is 5.73 Å². The number of hydrogen-bond acceptors (Lipinski definition) is 4. The van der Waals surface area contributed by atoms with E-state index in [1.807, 2.05) is 6.92 Å². The second kappa shape index (κ2) is 9.74. The van der Waals surface area contributed by atoms with Gasteiger partial charge in [0, 0.05) is 31.7 Å². The molecule has 0 aliphatic heterocycles. The molecule has 0 aromatic rings. The van der Waals surface area contributed by atoms with E-state index in [-0.39, 0.29) is 6.04 Å². The van der Waals surface area contributed by atoms with E-state index in [9.17, 15) is 0 Å². The fraction of sp³-hybridized carbons (Fsp3) is 1.00. The molecule has 128 valence electrons. The highest BCUT2D eigenvalue weighted by Gasteiger charge is 2.26. The zero-order chi connectivity index (χ0) is 16.6.